The average molecular weight is 337 g/mol. The van der Waals surface area contributed by atoms with Crippen molar-refractivity contribution in [1.29, 1.82) is 0 Å². The first kappa shape index (κ1) is 14.6. The third-order valence-electron chi connectivity index (χ3n) is 2.87. The lowest BCUT2D eigenvalue weighted by atomic mass is 10.1. The summed E-state index contributed by atoms with van der Waals surface area (Å²) in [6.07, 6.45) is 3.69. The van der Waals surface area contributed by atoms with E-state index in [4.69, 9.17) is 5.73 Å². The SMILES string of the molecule is CCC(N)Cc1cccnc1Sc1cccc(Br)c1. The van der Waals surface area contributed by atoms with Crippen LogP contribution in [0.2, 0.25) is 0 Å². The average Bonchev–Trinajstić information content (AvgIpc) is 2.41. The van der Waals surface area contributed by atoms with E-state index < -0.39 is 0 Å². The molecule has 19 heavy (non-hydrogen) atoms. The van der Waals surface area contributed by atoms with Gasteiger partial charge >= 0.3 is 0 Å². The van der Waals surface area contributed by atoms with Crippen molar-refractivity contribution < 1.29 is 0 Å². The Balaban J connectivity index is 2.20. The first-order chi connectivity index (χ1) is 9.19. The van der Waals surface area contributed by atoms with E-state index in [2.05, 4.69) is 46.0 Å². The lowest BCUT2D eigenvalue weighted by Crippen LogP contribution is -2.21. The highest BCUT2D eigenvalue weighted by molar-refractivity contribution is 9.10. The highest BCUT2D eigenvalue weighted by atomic mass is 79.9. The van der Waals surface area contributed by atoms with Crippen LogP contribution in [0.15, 0.2) is 57.0 Å². The molecule has 1 heterocycles. The van der Waals surface area contributed by atoms with Crippen molar-refractivity contribution in [3.63, 3.8) is 0 Å². The fourth-order valence-corrected chi connectivity index (χ4v) is 3.24. The Hall–Kier alpha value is -0.840. The van der Waals surface area contributed by atoms with E-state index in [0.29, 0.717) is 0 Å². The van der Waals surface area contributed by atoms with E-state index in [1.807, 2.05) is 24.4 Å². The van der Waals surface area contributed by atoms with Crippen molar-refractivity contribution in [1.82, 2.24) is 4.98 Å². The first-order valence-corrected chi connectivity index (χ1v) is 7.93. The van der Waals surface area contributed by atoms with Crippen molar-refractivity contribution in [3.8, 4) is 0 Å². The molecule has 0 aliphatic heterocycles. The molecule has 0 spiro atoms. The summed E-state index contributed by atoms with van der Waals surface area (Å²) >= 11 is 5.18. The zero-order chi connectivity index (χ0) is 13.7. The van der Waals surface area contributed by atoms with Gasteiger partial charge in [0.1, 0.15) is 5.03 Å². The summed E-state index contributed by atoms with van der Waals surface area (Å²) in [4.78, 5) is 5.66. The van der Waals surface area contributed by atoms with Gasteiger partial charge in [0.2, 0.25) is 0 Å². The fourth-order valence-electron chi connectivity index (χ4n) is 1.74. The minimum Gasteiger partial charge on any atom is -0.327 e. The molecule has 2 nitrogen and oxygen atoms in total. The van der Waals surface area contributed by atoms with Gasteiger partial charge in [-0.15, -0.1) is 0 Å². The third kappa shape index (κ3) is 4.34. The predicted octanol–water partition coefficient (Wildman–Crippen LogP) is 4.28. The van der Waals surface area contributed by atoms with Crippen LogP contribution in [-0.2, 0) is 6.42 Å². The van der Waals surface area contributed by atoms with Gasteiger partial charge in [0.25, 0.3) is 0 Å². The van der Waals surface area contributed by atoms with E-state index >= 15 is 0 Å². The molecule has 0 fully saturated rings. The first-order valence-electron chi connectivity index (χ1n) is 6.32. The monoisotopic (exact) mass is 336 g/mol. The maximum absolute atomic E-state index is 6.05. The molecule has 0 saturated heterocycles. The second kappa shape index (κ2) is 7.08. The molecule has 0 bridgehead atoms. The van der Waals surface area contributed by atoms with E-state index in [-0.39, 0.29) is 6.04 Å². The Morgan fingerprint density at radius 3 is 2.89 bits per heavy atom. The normalized spacial score (nSPS) is 12.4. The summed E-state index contributed by atoms with van der Waals surface area (Å²) in [7, 11) is 0. The van der Waals surface area contributed by atoms with Gasteiger partial charge in [-0.05, 0) is 42.7 Å². The number of nitrogens with zero attached hydrogens (tertiary/aromatic N) is 1. The second-order valence-corrected chi connectivity index (χ2v) is 6.38. The van der Waals surface area contributed by atoms with E-state index in [9.17, 15) is 0 Å². The number of benzene rings is 1. The molecule has 0 aliphatic carbocycles. The van der Waals surface area contributed by atoms with Gasteiger partial charge in [0.05, 0.1) is 0 Å². The van der Waals surface area contributed by atoms with E-state index in [1.165, 1.54) is 10.5 Å². The molecule has 4 heteroatoms. The predicted molar refractivity (Wildman–Crippen MR) is 84.5 cm³/mol. The van der Waals surface area contributed by atoms with Crippen LogP contribution in [0.3, 0.4) is 0 Å². The van der Waals surface area contributed by atoms with Crippen LogP contribution < -0.4 is 5.73 Å². The van der Waals surface area contributed by atoms with Gasteiger partial charge in [0.15, 0.2) is 0 Å². The zero-order valence-electron chi connectivity index (χ0n) is 10.8. The van der Waals surface area contributed by atoms with Crippen molar-refractivity contribution in [2.75, 3.05) is 0 Å². The van der Waals surface area contributed by atoms with Crippen molar-refractivity contribution >= 4 is 27.7 Å². The Kier molecular flexibility index (Phi) is 5.43. The molecule has 2 rings (SSSR count). The quantitative estimate of drug-likeness (QED) is 0.885. The number of hydrogen-bond donors (Lipinski definition) is 1. The maximum Gasteiger partial charge on any atom is 0.104 e. The Labute approximate surface area is 126 Å². The fraction of sp³-hybridized carbons (Fsp3) is 0.267. The van der Waals surface area contributed by atoms with Gasteiger partial charge in [-0.25, -0.2) is 4.98 Å². The minimum atomic E-state index is 0.200. The molecule has 0 saturated carbocycles. The molecule has 0 amide bonds. The summed E-state index contributed by atoms with van der Waals surface area (Å²) < 4.78 is 1.08. The van der Waals surface area contributed by atoms with Crippen LogP contribution in [0.5, 0.6) is 0 Å². The molecule has 2 aromatic rings. The van der Waals surface area contributed by atoms with Crippen LogP contribution in [0.1, 0.15) is 18.9 Å². The molecule has 2 N–H and O–H groups in total. The number of nitrogens with two attached hydrogens (primary N) is 1. The third-order valence-corrected chi connectivity index (χ3v) is 4.41. The van der Waals surface area contributed by atoms with Gasteiger partial charge in [0, 0.05) is 21.6 Å². The van der Waals surface area contributed by atoms with Crippen LogP contribution in [-0.4, -0.2) is 11.0 Å². The zero-order valence-corrected chi connectivity index (χ0v) is 13.2. The Morgan fingerprint density at radius 1 is 1.32 bits per heavy atom. The van der Waals surface area contributed by atoms with Crippen LogP contribution in [0.4, 0.5) is 0 Å². The van der Waals surface area contributed by atoms with E-state index in [1.54, 1.807) is 11.8 Å². The highest BCUT2D eigenvalue weighted by Crippen LogP contribution is 2.30. The standard InChI is InChI=1S/C15H17BrN2S/c1-2-13(17)9-11-5-4-8-18-15(11)19-14-7-3-6-12(16)10-14/h3-8,10,13H,2,9,17H2,1H3. The van der Waals surface area contributed by atoms with Crippen molar-refractivity contribution in [3.05, 3.63) is 52.6 Å². The minimum absolute atomic E-state index is 0.200. The number of aromatic nitrogens is 1. The number of halogens is 1. The summed E-state index contributed by atoms with van der Waals surface area (Å²) in [6.45, 7) is 2.11. The summed E-state index contributed by atoms with van der Waals surface area (Å²) in [5, 5.41) is 1.05. The van der Waals surface area contributed by atoms with Gasteiger partial charge in [-0.1, -0.05) is 46.7 Å². The molecular formula is C15H17BrN2S. The van der Waals surface area contributed by atoms with Crippen LogP contribution in [0.25, 0.3) is 0 Å². The van der Waals surface area contributed by atoms with Crippen molar-refractivity contribution in [2.24, 2.45) is 5.73 Å². The lowest BCUT2D eigenvalue weighted by Gasteiger charge is -2.12. The molecular weight excluding hydrogens is 320 g/mol. The highest BCUT2D eigenvalue weighted by Gasteiger charge is 2.09. The smallest absolute Gasteiger partial charge is 0.104 e. The molecule has 1 aromatic heterocycles. The van der Waals surface area contributed by atoms with Gasteiger partial charge < -0.3 is 5.73 Å². The number of pyridine rings is 1. The Morgan fingerprint density at radius 2 is 2.16 bits per heavy atom. The maximum atomic E-state index is 6.05. The number of hydrogen-bond acceptors (Lipinski definition) is 3. The molecule has 100 valence electrons. The van der Waals surface area contributed by atoms with Gasteiger partial charge in [-0.3, -0.25) is 0 Å². The Bertz CT molecular complexity index is 545. The molecule has 0 aliphatic rings. The van der Waals surface area contributed by atoms with Gasteiger partial charge in [-0.2, -0.15) is 0 Å². The van der Waals surface area contributed by atoms with Crippen LogP contribution in [0, 0.1) is 0 Å². The summed E-state index contributed by atoms with van der Waals surface area (Å²) in [6, 6.07) is 12.5. The van der Waals surface area contributed by atoms with E-state index in [0.717, 1.165) is 22.3 Å². The van der Waals surface area contributed by atoms with Crippen LogP contribution >= 0.6 is 27.7 Å². The largest absolute Gasteiger partial charge is 0.327 e. The lowest BCUT2D eigenvalue weighted by molar-refractivity contribution is 0.637. The number of rotatable bonds is 5. The molecule has 1 atom stereocenters. The molecule has 1 aromatic carbocycles. The topological polar surface area (TPSA) is 38.9 Å². The van der Waals surface area contributed by atoms with Crippen molar-refractivity contribution in [2.45, 2.75) is 35.7 Å². The summed E-state index contributed by atoms with van der Waals surface area (Å²) in [5.74, 6) is 0. The second-order valence-electron chi connectivity index (χ2n) is 4.40. The molecule has 0 radical (unpaired) electrons. The molecule has 1 unspecified atom stereocenters. The summed E-state index contributed by atoms with van der Waals surface area (Å²) in [5.41, 5.74) is 7.27.